The van der Waals surface area contributed by atoms with Gasteiger partial charge in [-0.1, -0.05) is 35.0 Å². The molecule has 12 heteroatoms. The van der Waals surface area contributed by atoms with Crippen molar-refractivity contribution in [3.05, 3.63) is 64.9 Å². The number of hydrogen-bond acceptors (Lipinski definition) is 8. The second-order valence-corrected chi connectivity index (χ2v) is 9.51. The molecule has 2 heterocycles. The van der Waals surface area contributed by atoms with E-state index in [1.807, 2.05) is 19.1 Å². The highest BCUT2D eigenvalue weighted by atomic mass is 32.2. The van der Waals surface area contributed by atoms with Gasteiger partial charge < -0.3 is 9.84 Å². The van der Waals surface area contributed by atoms with E-state index in [9.17, 15) is 13.2 Å². The van der Waals surface area contributed by atoms with Gasteiger partial charge in [0.2, 0.25) is 11.7 Å². The molecule has 0 fully saturated rings. The highest BCUT2D eigenvalue weighted by Gasteiger charge is 2.22. The summed E-state index contributed by atoms with van der Waals surface area (Å²) in [4.78, 5) is 13.6. The van der Waals surface area contributed by atoms with Crippen LogP contribution in [0.4, 0.5) is 11.5 Å². The normalized spacial score (nSPS) is 11.4. The summed E-state index contributed by atoms with van der Waals surface area (Å²) >= 11 is 0. The van der Waals surface area contributed by atoms with Gasteiger partial charge in [-0.3, -0.25) is 9.52 Å². The summed E-state index contributed by atoms with van der Waals surface area (Å²) in [6.45, 7) is 6.94. The molecule has 0 radical (unpaired) electrons. The summed E-state index contributed by atoms with van der Waals surface area (Å²) in [5.74, 6) is 0.591. The number of rotatable bonds is 7. The van der Waals surface area contributed by atoms with Gasteiger partial charge in [-0.05, 0) is 56.2 Å². The maximum absolute atomic E-state index is 13.2. The third-order valence-electron chi connectivity index (χ3n) is 4.92. The Morgan fingerprint density at radius 2 is 1.76 bits per heavy atom. The van der Waals surface area contributed by atoms with Crippen LogP contribution in [-0.4, -0.2) is 39.7 Å². The maximum atomic E-state index is 13.2. The zero-order valence-corrected chi connectivity index (χ0v) is 19.8. The molecule has 0 spiro atoms. The van der Waals surface area contributed by atoms with Crippen LogP contribution in [0.5, 0.6) is 0 Å². The van der Waals surface area contributed by atoms with Gasteiger partial charge in [0.1, 0.15) is 12.3 Å². The highest BCUT2D eigenvalue weighted by molar-refractivity contribution is 7.92. The molecule has 1 amide bonds. The summed E-state index contributed by atoms with van der Waals surface area (Å²) < 4.78 is 34.0. The number of aryl methyl sites for hydroxylation is 4. The van der Waals surface area contributed by atoms with Gasteiger partial charge >= 0.3 is 0 Å². The van der Waals surface area contributed by atoms with E-state index in [2.05, 4.69) is 30.6 Å². The SMILES string of the molecule is Cc1cc(C)c(S(=O)(=O)Nc2ccccc2-c2nnn(CC(=O)Nc3cc(C)on3)n2)c(C)c1. The summed E-state index contributed by atoms with van der Waals surface area (Å²) in [6.07, 6.45) is 0. The molecule has 11 nitrogen and oxygen atoms in total. The largest absolute Gasteiger partial charge is 0.360 e. The maximum Gasteiger partial charge on any atom is 0.262 e. The van der Waals surface area contributed by atoms with Crippen LogP contribution in [0.2, 0.25) is 0 Å². The molecule has 2 N–H and O–H groups in total. The lowest BCUT2D eigenvalue weighted by atomic mass is 10.1. The molecular formula is C22H23N7O4S. The van der Waals surface area contributed by atoms with Crippen molar-refractivity contribution in [1.82, 2.24) is 25.4 Å². The molecule has 0 unspecified atom stereocenters. The van der Waals surface area contributed by atoms with Gasteiger partial charge in [-0.25, -0.2) is 8.42 Å². The fourth-order valence-electron chi connectivity index (χ4n) is 3.71. The first kappa shape index (κ1) is 23.1. The number of sulfonamides is 1. The van der Waals surface area contributed by atoms with E-state index >= 15 is 0 Å². The number of benzene rings is 2. The fraction of sp³-hybridized carbons (Fsp3) is 0.227. The van der Waals surface area contributed by atoms with Gasteiger partial charge in [0.05, 0.1) is 10.6 Å². The standard InChI is InChI=1S/C22H23N7O4S/c1-13-9-14(2)21(15(3)10-13)34(31,32)27-18-8-6-5-7-17(18)22-24-28-29(25-22)12-20(30)23-19-11-16(4)33-26-19/h5-11,27H,12H2,1-4H3,(H,23,26,30). The monoisotopic (exact) mass is 481 g/mol. The van der Waals surface area contributed by atoms with Crippen molar-refractivity contribution in [3.8, 4) is 11.4 Å². The Labute approximate surface area is 196 Å². The first-order chi connectivity index (χ1) is 16.1. The summed E-state index contributed by atoms with van der Waals surface area (Å²) in [6, 6.07) is 12.0. The average Bonchev–Trinajstić information content (AvgIpc) is 3.35. The van der Waals surface area contributed by atoms with Crippen LogP contribution in [0.3, 0.4) is 0 Å². The Morgan fingerprint density at radius 3 is 2.44 bits per heavy atom. The van der Waals surface area contributed by atoms with Crippen molar-refractivity contribution in [2.75, 3.05) is 10.0 Å². The van der Waals surface area contributed by atoms with Gasteiger partial charge in [0.15, 0.2) is 5.82 Å². The van der Waals surface area contributed by atoms with E-state index < -0.39 is 15.9 Å². The summed E-state index contributed by atoms with van der Waals surface area (Å²) in [5.41, 5.74) is 3.01. The van der Waals surface area contributed by atoms with Crippen LogP contribution in [0.1, 0.15) is 22.5 Å². The van der Waals surface area contributed by atoms with Crippen LogP contribution in [0, 0.1) is 27.7 Å². The van der Waals surface area contributed by atoms with Crippen LogP contribution in [0.25, 0.3) is 11.4 Å². The molecule has 34 heavy (non-hydrogen) atoms. The molecule has 0 bridgehead atoms. The predicted octanol–water partition coefficient (Wildman–Crippen LogP) is 3.00. The smallest absolute Gasteiger partial charge is 0.262 e. The highest BCUT2D eigenvalue weighted by Crippen LogP contribution is 2.29. The van der Waals surface area contributed by atoms with Crippen molar-refractivity contribution in [3.63, 3.8) is 0 Å². The second kappa shape index (κ2) is 9.06. The zero-order valence-electron chi connectivity index (χ0n) is 19.0. The average molecular weight is 482 g/mol. The number of amides is 1. The number of carbonyl (C=O) groups excluding carboxylic acids is 1. The molecule has 0 aliphatic heterocycles. The topological polar surface area (TPSA) is 145 Å². The molecule has 176 valence electrons. The van der Waals surface area contributed by atoms with Crippen molar-refractivity contribution in [2.45, 2.75) is 39.1 Å². The van der Waals surface area contributed by atoms with E-state index in [1.54, 1.807) is 51.1 Å². The number of para-hydroxylation sites is 1. The van der Waals surface area contributed by atoms with E-state index in [1.165, 1.54) is 0 Å². The minimum atomic E-state index is -3.88. The number of nitrogens with one attached hydrogen (secondary N) is 2. The van der Waals surface area contributed by atoms with Crippen molar-refractivity contribution < 1.29 is 17.7 Å². The molecule has 4 aromatic rings. The van der Waals surface area contributed by atoms with Gasteiger partial charge in [-0.2, -0.15) is 4.80 Å². The number of hydrogen-bond donors (Lipinski definition) is 2. The first-order valence-electron chi connectivity index (χ1n) is 10.3. The molecule has 2 aromatic heterocycles. The second-order valence-electron chi connectivity index (χ2n) is 7.89. The lowest BCUT2D eigenvalue weighted by Gasteiger charge is -2.15. The third-order valence-corrected chi connectivity index (χ3v) is 6.59. The van der Waals surface area contributed by atoms with Gasteiger partial charge in [-0.15, -0.1) is 10.2 Å². The third kappa shape index (κ3) is 4.96. The van der Waals surface area contributed by atoms with E-state index in [4.69, 9.17) is 4.52 Å². The van der Waals surface area contributed by atoms with Gasteiger partial charge in [0, 0.05) is 11.6 Å². The Balaban J connectivity index is 1.56. The molecular weight excluding hydrogens is 458 g/mol. The summed E-state index contributed by atoms with van der Waals surface area (Å²) in [5, 5.41) is 18.4. The molecule has 0 aliphatic rings. The summed E-state index contributed by atoms with van der Waals surface area (Å²) in [7, 11) is -3.88. The number of carbonyl (C=O) groups is 1. The molecule has 0 saturated carbocycles. The van der Waals surface area contributed by atoms with Gasteiger partial charge in [0.25, 0.3) is 10.0 Å². The van der Waals surface area contributed by atoms with E-state index in [-0.39, 0.29) is 23.1 Å². The predicted molar refractivity (Wildman–Crippen MR) is 125 cm³/mol. The first-order valence-corrected chi connectivity index (χ1v) is 11.8. The Hall–Kier alpha value is -4.06. The molecule has 4 rings (SSSR count). The number of aromatic nitrogens is 5. The number of nitrogens with zero attached hydrogens (tertiary/aromatic N) is 5. The minimum Gasteiger partial charge on any atom is -0.360 e. The van der Waals surface area contributed by atoms with Crippen molar-refractivity contribution >= 4 is 27.4 Å². The molecule has 2 aromatic carbocycles. The molecule has 0 atom stereocenters. The van der Waals surface area contributed by atoms with Crippen LogP contribution in [-0.2, 0) is 21.4 Å². The molecule has 0 saturated heterocycles. The Kier molecular flexibility index (Phi) is 6.16. The Bertz CT molecular complexity index is 1450. The lowest BCUT2D eigenvalue weighted by molar-refractivity contribution is -0.117. The zero-order chi connectivity index (χ0) is 24.5. The number of anilines is 2. The lowest BCUT2D eigenvalue weighted by Crippen LogP contribution is -2.20. The van der Waals surface area contributed by atoms with E-state index in [0.29, 0.717) is 28.1 Å². The fourth-order valence-corrected chi connectivity index (χ4v) is 5.24. The number of tetrazole rings is 1. The Morgan fingerprint density at radius 1 is 1.06 bits per heavy atom. The molecule has 0 aliphatic carbocycles. The van der Waals surface area contributed by atoms with Crippen LogP contribution < -0.4 is 10.0 Å². The minimum absolute atomic E-state index is 0.167. The van der Waals surface area contributed by atoms with Crippen molar-refractivity contribution in [1.29, 1.82) is 0 Å². The van der Waals surface area contributed by atoms with Crippen molar-refractivity contribution in [2.24, 2.45) is 0 Å². The van der Waals surface area contributed by atoms with Crippen LogP contribution >= 0.6 is 0 Å². The van der Waals surface area contributed by atoms with E-state index in [0.717, 1.165) is 10.4 Å². The quantitative estimate of drug-likeness (QED) is 0.410. The van der Waals surface area contributed by atoms with Crippen LogP contribution in [0.15, 0.2) is 51.9 Å².